The summed E-state index contributed by atoms with van der Waals surface area (Å²) in [4.78, 5) is 14.8. The van der Waals surface area contributed by atoms with Crippen LogP contribution in [0.5, 0.6) is 11.5 Å². The van der Waals surface area contributed by atoms with E-state index in [1.54, 1.807) is 14.2 Å². The second kappa shape index (κ2) is 11.4. The Bertz CT molecular complexity index is 919. The van der Waals surface area contributed by atoms with E-state index in [2.05, 4.69) is 33.7 Å². The molecule has 1 aliphatic carbocycles. The predicted octanol–water partition coefficient (Wildman–Crippen LogP) is 4.98. The third-order valence-electron chi connectivity index (χ3n) is 7.00. The number of nitrogens with zero attached hydrogens (tertiary/aromatic N) is 1. The molecule has 0 unspecified atom stereocenters. The quantitative estimate of drug-likeness (QED) is 0.563. The maximum Gasteiger partial charge on any atom is 0.224 e. The number of carbonyl (C=O) groups is 1. The van der Waals surface area contributed by atoms with Gasteiger partial charge in [0.25, 0.3) is 0 Å². The number of ether oxygens (including phenoxy) is 2. The molecule has 0 bridgehead atoms. The molecule has 0 spiro atoms. The van der Waals surface area contributed by atoms with Crippen LogP contribution in [-0.4, -0.2) is 39.3 Å². The molecular weight excluding hydrogens is 414 g/mol. The highest BCUT2D eigenvalue weighted by atomic mass is 16.5. The zero-order chi connectivity index (χ0) is 23.0. The van der Waals surface area contributed by atoms with Crippen LogP contribution < -0.4 is 25.0 Å². The van der Waals surface area contributed by atoms with Gasteiger partial charge in [-0.15, -0.1) is 0 Å². The van der Waals surface area contributed by atoms with Crippen LogP contribution in [0.4, 0.5) is 11.4 Å². The highest BCUT2D eigenvalue weighted by molar-refractivity contribution is 5.91. The maximum absolute atomic E-state index is 12.4. The fraction of sp³-hybridized carbons (Fsp3) is 0.519. The zero-order valence-electron chi connectivity index (χ0n) is 19.9. The number of hydrogen-bond acceptors (Lipinski definition) is 5. The summed E-state index contributed by atoms with van der Waals surface area (Å²) in [5.74, 6) is 2.28. The molecule has 6 nitrogen and oxygen atoms in total. The van der Waals surface area contributed by atoms with E-state index in [-0.39, 0.29) is 5.91 Å². The molecule has 2 aromatic carbocycles. The van der Waals surface area contributed by atoms with Gasteiger partial charge in [-0.25, -0.2) is 0 Å². The van der Waals surface area contributed by atoms with Crippen LogP contribution in [0, 0.1) is 5.92 Å². The maximum atomic E-state index is 12.4. The van der Waals surface area contributed by atoms with Crippen LogP contribution in [-0.2, 0) is 11.3 Å². The minimum atomic E-state index is 0.148. The van der Waals surface area contributed by atoms with Crippen LogP contribution in [0.2, 0.25) is 0 Å². The van der Waals surface area contributed by atoms with E-state index >= 15 is 0 Å². The molecule has 6 heteroatoms. The van der Waals surface area contributed by atoms with Crippen molar-refractivity contribution in [2.24, 2.45) is 5.92 Å². The molecule has 0 radical (unpaired) electrons. The summed E-state index contributed by atoms with van der Waals surface area (Å²) in [5, 5.41) is 6.80. The van der Waals surface area contributed by atoms with Crippen LogP contribution in [0.25, 0.3) is 0 Å². The Morgan fingerprint density at radius 2 is 1.76 bits per heavy atom. The van der Waals surface area contributed by atoms with Gasteiger partial charge in [-0.3, -0.25) is 4.79 Å². The Morgan fingerprint density at radius 3 is 2.48 bits per heavy atom. The molecule has 0 aromatic heterocycles. The molecule has 0 atom stereocenters. The molecule has 1 saturated heterocycles. The van der Waals surface area contributed by atoms with Crippen molar-refractivity contribution >= 4 is 17.3 Å². The Kier molecular flexibility index (Phi) is 8.10. The molecule has 1 amide bonds. The molecule has 1 heterocycles. The summed E-state index contributed by atoms with van der Waals surface area (Å²) in [6.07, 6.45) is 7.73. The second-order valence-corrected chi connectivity index (χ2v) is 9.25. The third kappa shape index (κ3) is 6.20. The molecular formula is C27H37N3O3. The highest BCUT2D eigenvalue weighted by Crippen LogP contribution is 2.31. The lowest BCUT2D eigenvalue weighted by molar-refractivity contribution is -0.117. The number of para-hydroxylation sites is 1. The molecule has 2 aromatic rings. The average molecular weight is 452 g/mol. The van der Waals surface area contributed by atoms with E-state index in [9.17, 15) is 4.79 Å². The summed E-state index contributed by atoms with van der Waals surface area (Å²) in [7, 11) is 3.35. The fourth-order valence-corrected chi connectivity index (χ4v) is 5.16. The smallest absolute Gasteiger partial charge is 0.224 e. The van der Waals surface area contributed by atoms with Gasteiger partial charge in [-0.2, -0.15) is 0 Å². The van der Waals surface area contributed by atoms with Crippen molar-refractivity contribution in [3.63, 3.8) is 0 Å². The number of carbonyl (C=O) groups excluding carboxylic acids is 1. The molecule has 2 N–H and O–H groups in total. The van der Waals surface area contributed by atoms with E-state index in [1.165, 1.54) is 31.4 Å². The molecule has 178 valence electrons. The van der Waals surface area contributed by atoms with Gasteiger partial charge in [0.05, 0.1) is 14.2 Å². The number of rotatable bonds is 9. The Hall–Kier alpha value is -2.73. The van der Waals surface area contributed by atoms with E-state index in [0.29, 0.717) is 18.4 Å². The summed E-state index contributed by atoms with van der Waals surface area (Å²) in [5.41, 5.74) is 3.20. The second-order valence-electron chi connectivity index (χ2n) is 9.25. The van der Waals surface area contributed by atoms with E-state index in [4.69, 9.17) is 9.47 Å². The van der Waals surface area contributed by atoms with Crippen molar-refractivity contribution < 1.29 is 14.3 Å². The van der Waals surface area contributed by atoms with Gasteiger partial charge < -0.3 is 25.0 Å². The third-order valence-corrected chi connectivity index (χ3v) is 7.00. The lowest BCUT2D eigenvalue weighted by Crippen LogP contribution is -2.42. The highest BCUT2D eigenvalue weighted by Gasteiger charge is 2.21. The minimum absolute atomic E-state index is 0.148. The van der Waals surface area contributed by atoms with Gasteiger partial charge in [-0.05, 0) is 55.9 Å². The number of benzene rings is 2. The molecule has 2 aliphatic rings. The Balaban J connectivity index is 1.27. The van der Waals surface area contributed by atoms with Gasteiger partial charge in [0, 0.05) is 49.0 Å². The van der Waals surface area contributed by atoms with Crippen LogP contribution >= 0.6 is 0 Å². The monoisotopic (exact) mass is 451 g/mol. The average Bonchev–Trinajstić information content (AvgIpc) is 3.35. The van der Waals surface area contributed by atoms with Gasteiger partial charge in [-0.1, -0.05) is 31.0 Å². The first-order chi connectivity index (χ1) is 16.2. The van der Waals surface area contributed by atoms with E-state index in [0.717, 1.165) is 55.2 Å². The zero-order valence-corrected chi connectivity index (χ0v) is 19.9. The Labute approximate surface area is 197 Å². The molecule has 33 heavy (non-hydrogen) atoms. The summed E-state index contributed by atoms with van der Waals surface area (Å²) in [6, 6.07) is 14.8. The molecule has 1 aliphatic heterocycles. The van der Waals surface area contributed by atoms with Crippen molar-refractivity contribution in [2.75, 3.05) is 37.5 Å². The molecule has 4 rings (SSSR count). The summed E-state index contributed by atoms with van der Waals surface area (Å²) >= 11 is 0. The van der Waals surface area contributed by atoms with Gasteiger partial charge in [0.2, 0.25) is 5.91 Å². The predicted molar refractivity (Wildman–Crippen MR) is 133 cm³/mol. The van der Waals surface area contributed by atoms with E-state index in [1.807, 2.05) is 24.3 Å². The Morgan fingerprint density at radius 1 is 1.00 bits per heavy atom. The largest absolute Gasteiger partial charge is 0.493 e. The number of methoxy groups -OCH3 is 2. The van der Waals surface area contributed by atoms with Crippen LogP contribution in [0.15, 0.2) is 42.5 Å². The summed E-state index contributed by atoms with van der Waals surface area (Å²) in [6.45, 7) is 2.74. The number of hydrogen-bond donors (Lipinski definition) is 2. The number of nitrogens with one attached hydrogen (secondary N) is 2. The first-order valence-corrected chi connectivity index (χ1v) is 12.2. The minimum Gasteiger partial charge on any atom is -0.493 e. The van der Waals surface area contributed by atoms with Crippen LogP contribution in [0.1, 0.15) is 50.5 Å². The van der Waals surface area contributed by atoms with Crippen molar-refractivity contribution in [3.05, 3.63) is 48.0 Å². The van der Waals surface area contributed by atoms with Gasteiger partial charge >= 0.3 is 0 Å². The molecule has 1 saturated carbocycles. The molecule has 2 fully saturated rings. The first kappa shape index (κ1) is 23.4. The van der Waals surface area contributed by atoms with Crippen molar-refractivity contribution in [1.82, 2.24) is 5.32 Å². The number of piperidine rings is 1. The number of amides is 1. The standard InChI is InChI=1S/C27H37N3O3/c1-32-25-12-5-9-21(27(25)33-2)19-28-22-13-15-30(16-14-22)24-11-6-10-23(18-24)29-26(31)17-20-7-3-4-8-20/h5-6,9-12,18,20,22,28H,3-4,7-8,13-17,19H2,1-2H3,(H,29,31). The fourth-order valence-electron chi connectivity index (χ4n) is 5.16. The van der Waals surface area contributed by atoms with Gasteiger partial charge in [0.15, 0.2) is 11.5 Å². The van der Waals surface area contributed by atoms with Crippen molar-refractivity contribution in [1.29, 1.82) is 0 Å². The lowest BCUT2D eigenvalue weighted by atomic mass is 10.0. The SMILES string of the molecule is COc1cccc(CNC2CCN(c3cccc(NC(=O)CC4CCCC4)c3)CC2)c1OC. The summed E-state index contributed by atoms with van der Waals surface area (Å²) < 4.78 is 11.0. The van der Waals surface area contributed by atoms with Gasteiger partial charge in [0.1, 0.15) is 0 Å². The normalized spacial score (nSPS) is 17.2. The number of anilines is 2. The van der Waals surface area contributed by atoms with Crippen molar-refractivity contribution in [3.8, 4) is 11.5 Å². The van der Waals surface area contributed by atoms with Crippen LogP contribution in [0.3, 0.4) is 0 Å². The lowest BCUT2D eigenvalue weighted by Gasteiger charge is -2.34. The first-order valence-electron chi connectivity index (χ1n) is 12.2. The van der Waals surface area contributed by atoms with Crippen molar-refractivity contribution in [2.45, 2.75) is 57.5 Å². The van der Waals surface area contributed by atoms with E-state index < -0.39 is 0 Å². The topological polar surface area (TPSA) is 62.8 Å².